The van der Waals surface area contributed by atoms with Crippen LogP contribution in [0.15, 0.2) is 53.1 Å². The molecule has 0 aliphatic carbocycles. The van der Waals surface area contributed by atoms with Crippen LogP contribution < -0.4 is 4.90 Å². The molecule has 31 heavy (non-hydrogen) atoms. The summed E-state index contributed by atoms with van der Waals surface area (Å²) in [5.74, 6) is -1.33. The van der Waals surface area contributed by atoms with E-state index in [1.54, 1.807) is 43.6 Å². The molecule has 0 atom stereocenters. The van der Waals surface area contributed by atoms with Crippen LogP contribution in [0.25, 0.3) is 22.6 Å². The normalized spacial score (nSPS) is 13.3. The molecular formula is C21H14F3N5O2. The van der Waals surface area contributed by atoms with Crippen LogP contribution in [-0.2, 0) is 13.6 Å². The lowest BCUT2D eigenvalue weighted by Crippen LogP contribution is -2.24. The van der Waals surface area contributed by atoms with Crippen LogP contribution in [-0.4, -0.2) is 25.9 Å². The van der Waals surface area contributed by atoms with E-state index in [2.05, 4.69) is 15.3 Å². The fourth-order valence-corrected chi connectivity index (χ4v) is 3.59. The van der Waals surface area contributed by atoms with Crippen LogP contribution in [0.3, 0.4) is 0 Å². The fourth-order valence-electron chi connectivity index (χ4n) is 3.59. The van der Waals surface area contributed by atoms with Crippen molar-refractivity contribution in [3.8, 4) is 22.6 Å². The molecule has 0 bridgehead atoms. The zero-order valence-corrected chi connectivity index (χ0v) is 16.1. The van der Waals surface area contributed by atoms with Gasteiger partial charge in [-0.2, -0.15) is 13.9 Å². The van der Waals surface area contributed by atoms with Crippen molar-refractivity contribution in [3.05, 3.63) is 71.5 Å². The maximum atomic E-state index is 14.4. The van der Waals surface area contributed by atoms with E-state index in [-0.39, 0.29) is 18.3 Å². The molecule has 0 N–H and O–H groups in total. The number of fused-ring (bicyclic) bond motifs is 1. The predicted molar refractivity (Wildman–Crippen MR) is 104 cm³/mol. The molecule has 0 unspecified atom stereocenters. The van der Waals surface area contributed by atoms with Gasteiger partial charge in [-0.25, -0.2) is 4.39 Å². The largest absolute Gasteiger partial charge is 0.415 e. The minimum atomic E-state index is -2.88. The summed E-state index contributed by atoms with van der Waals surface area (Å²) in [5, 5.41) is 11.3. The molecule has 0 saturated heterocycles. The van der Waals surface area contributed by atoms with Crippen molar-refractivity contribution in [2.75, 3.05) is 4.90 Å². The molecule has 0 saturated carbocycles. The monoisotopic (exact) mass is 425 g/mol. The summed E-state index contributed by atoms with van der Waals surface area (Å²) in [5.41, 5.74) is 2.25. The van der Waals surface area contributed by atoms with Crippen LogP contribution in [0.4, 0.5) is 19.0 Å². The SMILES string of the molecule is Cn1cc(-c2ccccc2F)c(N2Cc3ccc(-c4nnc(C(F)F)o4)cc3C2=O)n1. The second-order valence-corrected chi connectivity index (χ2v) is 7.03. The standard InChI is InChI=1S/C21H14F3N5O2/c1-28-10-15(13-4-2-3-5-16(13)22)18(27-28)29-9-12-7-6-11(8-14(12)21(29)30)19-25-26-20(31-19)17(23)24/h2-8,10,17H,9H2,1H3. The Labute approximate surface area is 173 Å². The van der Waals surface area contributed by atoms with Gasteiger partial charge in [0.15, 0.2) is 5.82 Å². The molecule has 0 radical (unpaired) electrons. The highest BCUT2D eigenvalue weighted by molar-refractivity contribution is 6.11. The van der Waals surface area contributed by atoms with E-state index < -0.39 is 18.1 Å². The summed E-state index contributed by atoms with van der Waals surface area (Å²) < 4.78 is 46.4. The number of hydrogen-bond donors (Lipinski definition) is 0. The number of nitrogens with zero attached hydrogens (tertiary/aromatic N) is 5. The second-order valence-electron chi connectivity index (χ2n) is 7.03. The first-order valence-electron chi connectivity index (χ1n) is 9.27. The number of benzene rings is 2. The third-order valence-electron chi connectivity index (χ3n) is 5.02. The van der Waals surface area contributed by atoms with E-state index in [1.165, 1.54) is 21.7 Å². The molecule has 0 spiro atoms. The molecule has 4 aromatic rings. The fraction of sp³-hybridized carbons (Fsp3) is 0.143. The Hall–Kier alpha value is -3.95. The topological polar surface area (TPSA) is 77.0 Å². The summed E-state index contributed by atoms with van der Waals surface area (Å²) in [4.78, 5) is 14.6. The summed E-state index contributed by atoms with van der Waals surface area (Å²) in [6.45, 7) is 0.235. The van der Waals surface area contributed by atoms with Gasteiger partial charge in [-0.3, -0.25) is 14.4 Å². The number of rotatable bonds is 4. The first-order chi connectivity index (χ1) is 14.9. The maximum Gasteiger partial charge on any atom is 0.314 e. The molecule has 1 amide bonds. The van der Waals surface area contributed by atoms with Crippen LogP contribution >= 0.6 is 0 Å². The molecule has 10 heteroatoms. The molecule has 7 nitrogen and oxygen atoms in total. The number of aromatic nitrogens is 4. The highest BCUT2D eigenvalue weighted by atomic mass is 19.3. The van der Waals surface area contributed by atoms with Crippen LogP contribution in [0.5, 0.6) is 0 Å². The van der Waals surface area contributed by atoms with Gasteiger partial charge in [0.05, 0.1) is 6.54 Å². The van der Waals surface area contributed by atoms with E-state index in [9.17, 15) is 18.0 Å². The Morgan fingerprint density at radius 1 is 1.06 bits per heavy atom. The number of anilines is 1. The highest BCUT2D eigenvalue weighted by Gasteiger charge is 2.33. The van der Waals surface area contributed by atoms with Crippen LogP contribution in [0, 0.1) is 5.82 Å². The molecule has 0 fully saturated rings. The second kappa shape index (κ2) is 7.08. The number of carbonyl (C=O) groups excluding carboxylic acids is 1. The van der Waals surface area contributed by atoms with Gasteiger partial charge in [0, 0.05) is 35.5 Å². The van der Waals surface area contributed by atoms with E-state index >= 15 is 0 Å². The third kappa shape index (κ3) is 3.16. The first kappa shape index (κ1) is 19.0. The van der Waals surface area contributed by atoms with Crippen LogP contribution in [0.2, 0.25) is 0 Å². The molecular weight excluding hydrogens is 411 g/mol. The number of alkyl halides is 2. The minimum absolute atomic E-state index is 0.103. The number of hydrogen-bond acceptors (Lipinski definition) is 5. The molecule has 2 aromatic carbocycles. The number of carbonyl (C=O) groups is 1. The van der Waals surface area contributed by atoms with Gasteiger partial charge in [0.25, 0.3) is 11.8 Å². The average molecular weight is 425 g/mol. The molecule has 1 aliphatic rings. The Kier molecular flexibility index (Phi) is 4.35. The number of amides is 1. The van der Waals surface area contributed by atoms with Crippen molar-refractivity contribution in [1.82, 2.24) is 20.0 Å². The molecule has 3 heterocycles. The van der Waals surface area contributed by atoms with E-state index in [0.717, 1.165) is 0 Å². The Morgan fingerprint density at radius 3 is 2.61 bits per heavy atom. The summed E-state index contributed by atoms with van der Waals surface area (Å²) in [6.07, 6.45) is -1.23. The maximum absolute atomic E-state index is 14.4. The Morgan fingerprint density at radius 2 is 1.87 bits per heavy atom. The zero-order valence-electron chi connectivity index (χ0n) is 16.1. The van der Waals surface area contributed by atoms with Crippen molar-refractivity contribution in [1.29, 1.82) is 0 Å². The van der Waals surface area contributed by atoms with E-state index in [0.29, 0.717) is 33.6 Å². The lowest BCUT2D eigenvalue weighted by molar-refractivity contribution is 0.0995. The third-order valence-corrected chi connectivity index (χ3v) is 5.02. The van der Waals surface area contributed by atoms with Gasteiger partial charge in [0.2, 0.25) is 5.89 Å². The minimum Gasteiger partial charge on any atom is -0.415 e. The van der Waals surface area contributed by atoms with E-state index in [4.69, 9.17) is 4.42 Å². The average Bonchev–Trinajstić information content (AvgIpc) is 3.46. The van der Waals surface area contributed by atoms with Gasteiger partial charge in [-0.05, 0) is 23.8 Å². The van der Waals surface area contributed by atoms with Gasteiger partial charge in [-0.1, -0.05) is 24.3 Å². The summed E-state index contributed by atoms with van der Waals surface area (Å²) >= 11 is 0. The van der Waals surface area contributed by atoms with Crippen LogP contribution in [0.1, 0.15) is 28.2 Å². The number of aryl methyl sites for hydroxylation is 1. The van der Waals surface area contributed by atoms with Gasteiger partial charge < -0.3 is 4.42 Å². The Bertz CT molecular complexity index is 1310. The predicted octanol–water partition coefficient (Wildman–Crippen LogP) is 4.37. The van der Waals surface area contributed by atoms with Gasteiger partial charge in [0.1, 0.15) is 5.82 Å². The smallest absolute Gasteiger partial charge is 0.314 e. The molecule has 2 aromatic heterocycles. The lowest BCUT2D eigenvalue weighted by atomic mass is 10.1. The number of halogens is 3. The summed E-state index contributed by atoms with van der Waals surface area (Å²) in [7, 11) is 1.69. The van der Waals surface area contributed by atoms with E-state index in [1.807, 2.05) is 0 Å². The quantitative estimate of drug-likeness (QED) is 0.485. The summed E-state index contributed by atoms with van der Waals surface area (Å²) in [6, 6.07) is 11.1. The molecule has 156 valence electrons. The van der Waals surface area contributed by atoms with Crippen molar-refractivity contribution < 1.29 is 22.4 Å². The molecule has 5 rings (SSSR count). The van der Waals surface area contributed by atoms with Crippen molar-refractivity contribution >= 4 is 11.7 Å². The Balaban J connectivity index is 1.52. The zero-order chi connectivity index (χ0) is 21.7. The molecule has 1 aliphatic heterocycles. The van der Waals surface area contributed by atoms with Crippen molar-refractivity contribution in [2.45, 2.75) is 13.0 Å². The van der Waals surface area contributed by atoms with Crippen molar-refractivity contribution in [3.63, 3.8) is 0 Å². The highest BCUT2D eigenvalue weighted by Crippen LogP contribution is 2.37. The first-order valence-corrected chi connectivity index (χ1v) is 9.27. The van der Waals surface area contributed by atoms with Gasteiger partial charge in [-0.15, -0.1) is 10.2 Å². The van der Waals surface area contributed by atoms with Gasteiger partial charge >= 0.3 is 6.43 Å². The van der Waals surface area contributed by atoms with Crippen molar-refractivity contribution in [2.24, 2.45) is 7.05 Å². The lowest BCUT2D eigenvalue weighted by Gasteiger charge is -2.15.